The van der Waals surface area contributed by atoms with E-state index in [-0.39, 0.29) is 0 Å². The van der Waals surface area contributed by atoms with Crippen LogP contribution in [-0.2, 0) is 0 Å². The third-order valence-electron chi connectivity index (χ3n) is 6.96. The molecular formula is C24H46BrN. The standard InChI is InChI=1S/C24H46BrN/c1-24(25)19-13-9-15-21-26-23(18-12-14-20-24)22-16-10-7-5-3-2-4-6-8-11-17-22/h22-23,26H,2-21H2,1H3. The summed E-state index contributed by atoms with van der Waals surface area (Å²) < 4.78 is 0.391. The first kappa shape index (κ1) is 22.7. The van der Waals surface area contributed by atoms with Crippen LogP contribution >= 0.6 is 15.9 Å². The van der Waals surface area contributed by atoms with E-state index in [4.69, 9.17) is 0 Å². The van der Waals surface area contributed by atoms with Gasteiger partial charge < -0.3 is 5.32 Å². The fourth-order valence-corrected chi connectivity index (χ4v) is 5.73. The summed E-state index contributed by atoms with van der Waals surface area (Å²) in [4.78, 5) is 0. The molecule has 1 aliphatic heterocycles. The van der Waals surface area contributed by atoms with E-state index in [1.807, 2.05) is 0 Å². The Kier molecular flexibility index (Phi) is 11.9. The lowest BCUT2D eigenvalue weighted by Crippen LogP contribution is -2.37. The lowest BCUT2D eigenvalue weighted by Gasteiger charge is -2.30. The lowest BCUT2D eigenvalue weighted by molar-refractivity contribution is 0.272. The van der Waals surface area contributed by atoms with E-state index in [1.165, 1.54) is 129 Å². The average molecular weight is 429 g/mol. The van der Waals surface area contributed by atoms with E-state index in [9.17, 15) is 0 Å². The van der Waals surface area contributed by atoms with Crippen molar-refractivity contribution in [3.05, 3.63) is 0 Å². The predicted molar refractivity (Wildman–Crippen MR) is 120 cm³/mol. The van der Waals surface area contributed by atoms with Crippen molar-refractivity contribution in [2.75, 3.05) is 6.54 Å². The summed E-state index contributed by atoms with van der Waals surface area (Å²) in [7, 11) is 0. The van der Waals surface area contributed by atoms with E-state index >= 15 is 0 Å². The largest absolute Gasteiger partial charge is 0.314 e. The molecule has 0 amide bonds. The average Bonchev–Trinajstić information content (AvgIpc) is 2.59. The molecule has 2 heteroatoms. The Morgan fingerprint density at radius 2 is 1.08 bits per heavy atom. The van der Waals surface area contributed by atoms with Crippen LogP contribution in [-0.4, -0.2) is 16.9 Å². The molecule has 0 radical (unpaired) electrons. The van der Waals surface area contributed by atoms with Gasteiger partial charge in [0.25, 0.3) is 0 Å². The number of hydrogen-bond acceptors (Lipinski definition) is 1. The van der Waals surface area contributed by atoms with Crippen molar-refractivity contribution < 1.29 is 0 Å². The number of nitrogens with one attached hydrogen (secondary N) is 1. The van der Waals surface area contributed by atoms with Crippen LogP contribution in [0.1, 0.15) is 129 Å². The maximum atomic E-state index is 4.03. The van der Waals surface area contributed by atoms with Crippen LogP contribution in [0.3, 0.4) is 0 Å². The second-order valence-electron chi connectivity index (χ2n) is 9.55. The number of rotatable bonds is 1. The molecule has 1 saturated heterocycles. The molecule has 26 heavy (non-hydrogen) atoms. The highest BCUT2D eigenvalue weighted by Gasteiger charge is 2.23. The summed E-state index contributed by atoms with van der Waals surface area (Å²) in [5.74, 6) is 0.938. The van der Waals surface area contributed by atoms with Gasteiger partial charge in [-0.25, -0.2) is 0 Å². The Hall–Kier alpha value is 0.440. The molecule has 1 saturated carbocycles. The Morgan fingerprint density at radius 1 is 0.615 bits per heavy atom. The zero-order chi connectivity index (χ0) is 18.5. The van der Waals surface area contributed by atoms with Crippen molar-refractivity contribution in [1.82, 2.24) is 5.32 Å². The molecule has 2 atom stereocenters. The van der Waals surface area contributed by atoms with Crippen LogP contribution in [0.5, 0.6) is 0 Å². The van der Waals surface area contributed by atoms with Gasteiger partial charge >= 0.3 is 0 Å². The van der Waals surface area contributed by atoms with Crippen molar-refractivity contribution in [2.24, 2.45) is 5.92 Å². The second-order valence-corrected chi connectivity index (χ2v) is 11.5. The van der Waals surface area contributed by atoms with Gasteiger partial charge in [0, 0.05) is 10.4 Å². The van der Waals surface area contributed by atoms with Crippen molar-refractivity contribution in [1.29, 1.82) is 0 Å². The summed E-state index contributed by atoms with van der Waals surface area (Å²) in [6.07, 6.45) is 27.3. The molecule has 1 N–H and O–H groups in total. The highest BCUT2D eigenvalue weighted by atomic mass is 79.9. The molecule has 0 aromatic heterocycles. The van der Waals surface area contributed by atoms with Gasteiger partial charge in [0.1, 0.15) is 0 Å². The van der Waals surface area contributed by atoms with E-state index in [2.05, 4.69) is 28.2 Å². The zero-order valence-electron chi connectivity index (χ0n) is 17.7. The van der Waals surface area contributed by atoms with Crippen LogP contribution in [0.4, 0.5) is 0 Å². The van der Waals surface area contributed by atoms with E-state index in [0.29, 0.717) is 4.32 Å². The van der Waals surface area contributed by atoms with Crippen molar-refractivity contribution in [3.8, 4) is 0 Å². The Bertz CT molecular complexity index is 329. The number of halogens is 1. The van der Waals surface area contributed by atoms with E-state index < -0.39 is 0 Å². The fraction of sp³-hybridized carbons (Fsp3) is 1.00. The quantitative estimate of drug-likeness (QED) is 0.416. The highest BCUT2D eigenvalue weighted by Crippen LogP contribution is 2.32. The maximum absolute atomic E-state index is 4.03. The minimum Gasteiger partial charge on any atom is -0.314 e. The molecule has 2 unspecified atom stereocenters. The first-order chi connectivity index (χ1) is 12.7. The molecule has 2 fully saturated rings. The van der Waals surface area contributed by atoms with Crippen LogP contribution in [0, 0.1) is 5.92 Å². The smallest absolute Gasteiger partial charge is 0.0229 e. The molecular weight excluding hydrogens is 382 g/mol. The van der Waals surface area contributed by atoms with Crippen LogP contribution in [0.2, 0.25) is 0 Å². The molecule has 0 aromatic rings. The third-order valence-corrected chi connectivity index (χ3v) is 7.76. The number of hydrogen-bond donors (Lipinski definition) is 1. The van der Waals surface area contributed by atoms with Crippen LogP contribution < -0.4 is 5.32 Å². The van der Waals surface area contributed by atoms with Gasteiger partial charge in [-0.3, -0.25) is 0 Å². The monoisotopic (exact) mass is 427 g/mol. The minimum absolute atomic E-state index is 0.391. The summed E-state index contributed by atoms with van der Waals surface area (Å²) in [6.45, 7) is 3.67. The Morgan fingerprint density at radius 3 is 1.69 bits per heavy atom. The van der Waals surface area contributed by atoms with Gasteiger partial charge in [0.2, 0.25) is 0 Å². The molecule has 0 aromatic carbocycles. The molecule has 0 spiro atoms. The predicted octanol–water partition coefficient (Wildman–Crippen LogP) is 8.15. The van der Waals surface area contributed by atoms with Crippen molar-refractivity contribution in [2.45, 2.75) is 139 Å². The SMILES string of the molecule is CC1(Br)CCCCCNC(C2CCCCCCCCCCC2)CCCC1. The number of alkyl halides is 1. The highest BCUT2D eigenvalue weighted by molar-refractivity contribution is 9.10. The van der Waals surface area contributed by atoms with E-state index in [0.717, 1.165) is 12.0 Å². The topological polar surface area (TPSA) is 12.0 Å². The minimum atomic E-state index is 0.391. The first-order valence-corrected chi connectivity index (χ1v) is 12.9. The molecule has 2 rings (SSSR count). The van der Waals surface area contributed by atoms with Gasteiger partial charge in [0.05, 0.1) is 0 Å². The van der Waals surface area contributed by atoms with Gasteiger partial charge in [0.15, 0.2) is 0 Å². The Labute approximate surface area is 173 Å². The van der Waals surface area contributed by atoms with Gasteiger partial charge in [-0.2, -0.15) is 0 Å². The summed E-state index contributed by atoms with van der Waals surface area (Å²) in [5, 5.41) is 4.03. The summed E-state index contributed by atoms with van der Waals surface area (Å²) in [6, 6.07) is 0.791. The second kappa shape index (κ2) is 13.6. The molecule has 1 nitrogen and oxygen atoms in total. The third kappa shape index (κ3) is 10.1. The molecule has 1 heterocycles. The summed E-state index contributed by atoms with van der Waals surface area (Å²) >= 11 is 4.01. The first-order valence-electron chi connectivity index (χ1n) is 12.1. The van der Waals surface area contributed by atoms with Gasteiger partial charge in [-0.05, 0) is 57.9 Å². The van der Waals surface area contributed by atoms with E-state index in [1.54, 1.807) is 0 Å². The molecule has 0 bridgehead atoms. The van der Waals surface area contributed by atoms with Crippen LogP contribution in [0.25, 0.3) is 0 Å². The zero-order valence-corrected chi connectivity index (χ0v) is 19.3. The summed E-state index contributed by atoms with van der Waals surface area (Å²) in [5.41, 5.74) is 0. The van der Waals surface area contributed by atoms with Crippen LogP contribution in [0.15, 0.2) is 0 Å². The van der Waals surface area contributed by atoms with Crippen molar-refractivity contribution in [3.63, 3.8) is 0 Å². The van der Waals surface area contributed by atoms with Gasteiger partial charge in [-0.1, -0.05) is 99.4 Å². The maximum Gasteiger partial charge on any atom is 0.0229 e. The molecule has 2 aliphatic rings. The fourth-order valence-electron chi connectivity index (χ4n) is 5.17. The normalized spacial score (nSPS) is 33.2. The van der Waals surface area contributed by atoms with Crippen molar-refractivity contribution >= 4 is 15.9 Å². The molecule has 154 valence electrons. The lowest BCUT2D eigenvalue weighted by atomic mass is 9.84. The molecule has 1 aliphatic carbocycles. The van der Waals surface area contributed by atoms with Gasteiger partial charge in [-0.15, -0.1) is 0 Å². The Balaban J connectivity index is 1.86.